The van der Waals surface area contributed by atoms with Gasteiger partial charge in [-0.3, -0.25) is 5.43 Å². The van der Waals surface area contributed by atoms with E-state index in [-0.39, 0.29) is 0 Å². The molecule has 1 fully saturated rings. The number of nitrogens with zero attached hydrogens (tertiary/aromatic N) is 2. The second-order valence-electron chi connectivity index (χ2n) is 2.67. The van der Waals surface area contributed by atoms with E-state index in [1.807, 2.05) is 6.08 Å². The molecule has 0 bridgehead atoms. The van der Waals surface area contributed by atoms with Gasteiger partial charge in [0, 0.05) is 11.6 Å². The van der Waals surface area contributed by atoms with Gasteiger partial charge in [0.15, 0.2) is 5.17 Å². The molecule has 0 spiro atoms. The highest BCUT2D eigenvalue weighted by Gasteiger charge is 2.28. The van der Waals surface area contributed by atoms with Crippen LogP contribution in [0.15, 0.2) is 16.9 Å². The summed E-state index contributed by atoms with van der Waals surface area (Å²) in [5.41, 5.74) is 3.97. The van der Waals surface area contributed by atoms with Crippen LogP contribution < -0.4 is 5.43 Å². The second-order valence-corrected chi connectivity index (χ2v) is 3.38. The summed E-state index contributed by atoms with van der Waals surface area (Å²) < 4.78 is 1.12. The van der Waals surface area contributed by atoms with Gasteiger partial charge >= 0.3 is 0 Å². The van der Waals surface area contributed by atoms with Crippen molar-refractivity contribution in [1.82, 2.24) is 10.1 Å². The summed E-state index contributed by atoms with van der Waals surface area (Å²) in [5.74, 6) is 0.612. The second kappa shape index (κ2) is 2.57. The fourth-order valence-corrected chi connectivity index (χ4v) is 1.42. The minimum atomic E-state index is 0.431. The molecule has 0 unspecified atom stereocenters. The summed E-state index contributed by atoms with van der Waals surface area (Å²) in [7, 11) is 0. The van der Waals surface area contributed by atoms with Crippen molar-refractivity contribution in [2.45, 2.75) is 12.8 Å². The van der Waals surface area contributed by atoms with Crippen LogP contribution in [0.5, 0.6) is 0 Å². The normalized spacial score (nSPS) is 24.0. The molecule has 1 aliphatic carbocycles. The molecule has 1 heterocycles. The zero-order valence-corrected chi connectivity index (χ0v) is 7.23. The Hall–Kier alpha value is -0.410. The molecule has 1 N–H and O–H groups in total. The standard InChI is InChI=1S/C6H7Cl2N3/c7-6-3-5(4-1-2-4)9-11(8)10-6/h3-4,9H,1-2H2. The summed E-state index contributed by atoms with van der Waals surface area (Å²) >= 11 is 11.3. The SMILES string of the molecule is ClC1=NN(Cl)NC(C2CC2)=C1. The topological polar surface area (TPSA) is 27.6 Å². The Kier molecular flexibility index (Phi) is 1.69. The summed E-state index contributed by atoms with van der Waals surface area (Å²) in [6.07, 6.45) is 4.25. The Balaban J connectivity index is 2.14. The van der Waals surface area contributed by atoms with E-state index in [2.05, 4.69) is 10.5 Å². The van der Waals surface area contributed by atoms with Crippen molar-refractivity contribution in [3.8, 4) is 0 Å². The van der Waals surface area contributed by atoms with E-state index < -0.39 is 0 Å². The highest BCUT2D eigenvalue weighted by atomic mass is 35.5. The third-order valence-corrected chi connectivity index (χ3v) is 2.04. The molecule has 2 aliphatic rings. The highest BCUT2D eigenvalue weighted by molar-refractivity contribution is 6.68. The Labute approximate surface area is 74.7 Å². The van der Waals surface area contributed by atoms with Gasteiger partial charge in [-0.15, -0.1) is 9.74 Å². The van der Waals surface area contributed by atoms with Crippen molar-refractivity contribution in [2.75, 3.05) is 0 Å². The van der Waals surface area contributed by atoms with E-state index >= 15 is 0 Å². The molecule has 11 heavy (non-hydrogen) atoms. The minimum absolute atomic E-state index is 0.431. The van der Waals surface area contributed by atoms with Crippen LogP contribution >= 0.6 is 23.4 Å². The third-order valence-electron chi connectivity index (χ3n) is 1.70. The number of hydrazone groups is 1. The number of hydrogen-bond donors (Lipinski definition) is 1. The molecule has 0 atom stereocenters. The zero-order valence-electron chi connectivity index (χ0n) is 5.72. The van der Waals surface area contributed by atoms with Crippen LogP contribution in [0, 0.1) is 5.92 Å². The van der Waals surface area contributed by atoms with E-state index in [1.54, 1.807) is 0 Å². The summed E-state index contributed by atoms with van der Waals surface area (Å²) in [6, 6.07) is 0. The Morgan fingerprint density at radius 1 is 1.64 bits per heavy atom. The Morgan fingerprint density at radius 2 is 2.36 bits per heavy atom. The highest BCUT2D eigenvalue weighted by Crippen LogP contribution is 2.36. The minimum Gasteiger partial charge on any atom is -0.271 e. The first-order chi connectivity index (χ1) is 5.25. The molecule has 0 aromatic rings. The van der Waals surface area contributed by atoms with Gasteiger partial charge in [0.1, 0.15) is 0 Å². The van der Waals surface area contributed by atoms with E-state index in [0.29, 0.717) is 11.1 Å². The van der Waals surface area contributed by atoms with E-state index in [4.69, 9.17) is 23.4 Å². The maximum absolute atomic E-state index is 5.69. The average Bonchev–Trinajstić information content (AvgIpc) is 2.64. The van der Waals surface area contributed by atoms with Crippen LogP contribution in [0.3, 0.4) is 0 Å². The molecular weight excluding hydrogens is 185 g/mol. The molecule has 0 radical (unpaired) electrons. The predicted octanol–water partition coefficient (Wildman–Crippen LogP) is 1.81. The third kappa shape index (κ3) is 1.60. The van der Waals surface area contributed by atoms with E-state index in [9.17, 15) is 0 Å². The molecule has 3 nitrogen and oxygen atoms in total. The van der Waals surface area contributed by atoms with Crippen LogP contribution in [0.4, 0.5) is 0 Å². The van der Waals surface area contributed by atoms with Gasteiger partial charge in [-0.1, -0.05) is 11.6 Å². The molecule has 0 saturated heterocycles. The number of hydrogen-bond acceptors (Lipinski definition) is 3. The van der Waals surface area contributed by atoms with Crippen LogP contribution in [-0.2, 0) is 0 Å². The van der Waals surface area contributed by atoms with Gasteiger partial charge in [0.25, 0.3) is 0 Å². The van der Waals surface area contributed by atoms with Crippen molar-refractivity contribution < 1.29 is 0 Å². The predicted molar refractivity (Wildman–Crippen MR) is 44.9 cm³/mol. The van der Waals surface area contributed by atoms with Gasteiger partial charge in [-0.2, -0.15) is 0 Å². The van der Waals surface area contributed by atoms with Crippen molar-refractivity contribution >= 4 is 28.5 Å². The Morgan fingerprint density at radius 3 is 2.91 bits per heavy atom. The lowest BCUT2D eigenvalue weighted by atomic mass is 10.3. The Bertz CT molecular complexity index is 232. The molecule has 0 aromatic carbocycles. The molecule has 0 aromatic heterocycles. The fraction of sp³-hybridized carbons (Fsp3) is 0.500. The van der Waals surface area contributed by atoms with Gasteiger partial charge in [-0.25, -0.2) is 0 Å². The lowest BCUT2D eigenvalue weighted by Gasteiger charge is -2.18. The van der Waals surface area contributed by atoms with Crippen LogP contribution in [0.1, 0.15) is 12.8 Å². The number of nitrogens with one attached hydrogen (secondary N) is 1. The van der Waals surface area contributed by atoms with Gasteiger partial charge in [0.05, 0.1) is 11.8 Å². The van der Waals surface area contributed by atoms with Crippen LogP contribution in [-0.4, -0.2) is 9.81 Å². The molecule has 60 valence electrons. The number of rotatable bonds is 1. The lowest BCUT2D eigenvalue weighted by molar-refractivity contribution is 0.382. The fourth-order valence-electron chi connectivity index (χ4n) is 1.01. The van der Waals surface area contributed by atoms with Crippen molar-refractivity contribution in [1.29, 1.82) is 0 Å². The first-order valence-electron chi connectivity index (χ1n) is 3.44. The van der Waals surface area contributed by atoms with Crippen molar-refractivity contribution in [2.24, 2.45) is 11.0 Å². The zero-order chi connectivity index (χ0) is 7.84. The van der Waals surface area contributed by atoms with Crippen LogP contribution in [0.2, 0.25) is 0 Å². The molecule has 2 rings (SSSR count). The van der Waals surface area contributed by atoms with Gasteiger partial charge in [0.2, 0.25) is 0 Å². The summed E-state index contributed by atoms with van der Waals surface area (Å²) in [5, 5.41) is 4.17. The molecule has 5 heteroatoms. The summed E-state index contributed by atoms with van der Waals surface area (Å²) in [4.78, 5) is 0. The van der Waals surface area contributed by atoms with Crippen LogP contribution in [0.25, 0.3) is 0 Å². The quantitative estimate of drug-likeness (QED) is 0.641. The van der Waals surface area contributed by atoms with Gasteiger partial charge in [-0.05, 0) is 18.9 Å². The largest absolute Gasteiger partial charge is 0.271 e. The maximum atomic E-state index is 5.69. The van der Waals surface area contributed by atoms with Gasteiger partial charge < -0.3 is 0 Å². The summed E-state index contributed by atoms with van der Waals surface area (Å²) in [6.45, 7) is 0. The van der Waals surface area contributed by atoms with Crippen molar-refractivity contribution in [3.05, 3.63) is 11.8 Å². The van der Waals surface area contributed by atoms with E-state index in [0.717, 1.165) is 10.3 Å². The molecular formula is C6H7Cl2N3. The number of halogens is 2. The first kappa shape index (κ1) is 7.25. The monoisotopic (exact) mass is 191 g/mol. The maximum Gasteiger partial charge on any atom is 0.154 e. The first-order valence-corrected chi connectivity index (χ1v) is 4.15. The smallest absolute Gasteiger partial charge is 0.154 e. The lowest BCUT2D eigenvalue weighted by Crippen LogP contribution is -2.29. The van der Waals surface area contributed by atoms with E-state index in [1.165, 1.54) is 12.8 Å². The number of allylic oxidation sites excluding steroid dienone is 2. The molecule has 1 saturated carbocycles. The molecule has 0 amide bonds. The number of hydrazine groups is 1. The molecule has 1 aliphatic heterocycles. The van der Waals surface area contributed by atoms with Crippen molar-refractivity contribution in [3.63, 3.8) is 0 Å². The average molecular weight is 192 g/mol.